The quantitative estimate of drug-likeness (QED) is 0.303. The first kappa shape index (κ1) is 22.0. The number of allylic oxidation sites excluding steroid dienone is 1. The normalized spacial score (nSPS) is 15.9. The standard InChI is InChI=1S/C30H24ClNO2/c1-19-11-12-20(2)26(17-19)32-18-25-28(21-7-4-3-5-8-21)24-9-6-10-27(29(24)30(25)33)34-23-15-13-22(31)14-16-23/h3-18,28,32H,1-2H3/b25-18+/t28-/m1/s1. The Morgan fingerprint density at radius 3 is 2.41 bits per heavy atom. The molecule has 3 nitrogen and oxygen atoms in total. The maximum atomic E-state index is 13.8. The van der Waals surface area contributed by atoms with E-state index in [1.807, 2.05) is 42.6 Å². The highest BCUT2D eigenvalue weighted by molar-refractivity contribution is 6.30. The minimum Gasteiger partial charge on any atom is -0.457 e. The Bertz CT molecular complexity index is 1390. The first-order valence-corrected chi connectivity index (χ1v) is 11.6. The number of hydrogen-bond donors (Lipinski definition) is 1. The van der Waals surface area contributed by atoms with E-state index in [0.29, 0.717) is 27.7 Å². The zero-order valence-corrected chi connectivity index (χ0v) is 19.8. The topological polar surface area (TPSA) is 38.3 Å². The average Bonchev–Trinajstić information content (AvgIpc) is 3.14. The summed E-state index contributed by atoms with van der Waals surface area (Å²) in [5.74, 6) is 0.954. The van der Waals surface area contributed by atoms with Crippen molar-refractivity contribution in [3.63, 3.8) is 0 Å². The van der Waals surface area contributed by atoms with E-state index in [2.05, 4.69) is 49.5 Å². The second kappa shape index (κ2) is 9.20. The average molecular weight is 466 g/mol. The maximum absolute atomic E-state index is 13.8. The van der Waals surface area contributed by atoms with E-state index in [9.17, 15) is 4.79 Å². The summed E-state index contributed by atoms with van der Waals surface area (Å²) in [6.07, 6.45) is 1.86. The van der Waals surface area contributed by atoms with E-state index in [4.69, 9.17) is 16.3 Å². The molecule has 0 saturated carbocycles. The van der Waals surface area contributed by atoms with Crippen LogP contribution in [0.1, 0.15) is 38.5 Å². The van der Waals surface area contributed by atoms with Gasteiger partial charge in [-0.3, -0.25) is 4.79 Å². The summed E-state index contributed by atoms with van der Waals surface area (Å²) in [6, 6.07) is 29.3. The van der Waals surface area contributed by atoms with Crippen LogP contribution < -0.4 is 10.1 Å². The summed E-state index contributed by atoms with van der Waals surface area (Å²) in [6.45, 7) is 4.11. The second-order valence-corrected chi connectivity index (χ2v) is 8.95. The predicted molar refractivity (Wildman–Crippen MR) is 138 cm³/mol. The van der Waals surface area contributed by atoms with Crippen molar-refractivity contribution in [3.8, 4) is 11.5 Å². The Kier molecular flexibility index (Phi) is 5.95. The fraction of sp³-hybridized carbons (Fsp3) is 0.100. The molecule has 4 aromatic carbocycles. The molecule has 4 aromatic rings. The number of nitrogens with one attached hydrogen (secondary N) is 1. The number of halogens is 1. The third-order valence-corrected chi connectivity index (χ3v) is 6.37. The molecule has 0 radical (unpaired) electrons. The molecule has 1 N–H and O–H groups in total. The number of fused-ring (bicyclic) bond motifs is 1. The molecular formula is C30H24ClNO2. The van der Waals surface area contributed by atoms with Gasteiger partial charge < -0.3 is 10.1 Å². The molecule has 5 rings (SSSR count). The van der Waals surface area contributed by atoms with E-state index in [1.165, 1.54) is 0 Å². The number of ether oxygens (including phenoxy) is 1. The van der Waals surface area contributed by atoms with E-state index in [0.717, 1.165) is 27.9 Å². The summed E-state index contributed by atoms with van der Waals surface area (Å²) in [7, 11) is 0. The predicted octanol–water partition coefficient (Wildman–Crippen LogP) is 8.07. The van der Waals surface area contributed by atoms with Crippen LogP contribution in [-0.2, 0) is 0 Å². The van der Waals surface area contributed by atoms with Crippen LogP contribution in [0, 0.1) is 13.8 Å². The molecule has 1 atom stereocenters. The molecule has 0 saturated heterocycles. The lowest BCUT2D eigenvalue weighted by atomic mass is 9.90. The number of benzene rings is 4. The molecule has 0 aromatic heterocycles. The first-order valence-electron chi connectivity index (χ1n) is 11.2. The number of carbonyl (C=O) groups excluding carboxylic acids is 1. The van der Waals surface area contributed by atoms with Crippen LogP contribution in [0.4, 0.5) is 5.69 Å². The summed E-state index contributed by atoms with van der Waals surface area (Å²) in [5.41, 5.74) is 6.55. The number of rotatable bonds is 5. The van der Waals surface area contributed by atoms with Crippen molar-refractivity contribution < 1.29 is 9.53 Å². The second-order valence-electron chi connectivity index (χ2n) is 8.51. The number of hydrogen-bond acceptors (Lipinski definition) is 3. The minimum atomic E-state index is -0.185. The van der Waals surface area contributed by atoms with Gasteiger partial charge in [-0.25, -0.2) is 0 Å². The lowest BCUT2D eigenvalue weighted by Crippen LogP contribution is -2.06. The van der Waals surface area contributed by atoms with Crippen molar-refractivity contribution in [3.05, 3.63) is 136 Å². The van der Waals surface area contributed by atoms with Gasteiger partial charge in [-0.1, -0.05) is 66.2 Å². The molecule has 0 unspecified atom stereocenters. The van der Waals surface area contributed by atoms with Crippen LogP contribution >= 0.6 is 11.6 Å². The molecule has 34 heavy (non-hydrogen) atoms. The molecule has 1 aliphatic carbocycles. The van der Waals surface area contributed by atoms with Crippen LogP contribution in [0.2, 0.25) is 5.02 Å². The highest BCUT2D eigenvalue weighted by Crippen LogP contribution is 2.46. The van der Waals surface area contributed by atoms with E-state index < -0.39 is 0 Å². The monoisotopic (exact) mass is 465 g/mol. The van der Waals surface area contributed by atoms with E-state index in [1.54, 1.807) is 24.3 Å². The Hall–Kier alpha value is -3.82. The molecular weight excluding hydrogens is 442 g/mol. The van der Waals surface area contributed by atoms with Crippen molar-refractivity contribution in [2.45, 2.75) is 19.8 Å². The van der Waals surface area contributed by atoms with Gasteiger partial charge in [-0.2, -0.15) is 0 Å². The van der Waals surface area contributed by atoms with E-state index in [-0.39, 0.29) is 11.7 Å². The van der Waals surface area contributed by atoms with Crippen LogP contribution in [0.3, 0.4) is 0 Å². The summed E-state index contributed by atoms with van der Waals surface area (Å²) >= 11 is 6.02. The molecule has 0 bridgehead atoms. The van der Waals surface area contributed by atoms with Crippen LogP contribution in [0.25, 0.3) is 0 Å². The molecule has 0 heterocycles. The Labute approximate surface area is 204 Å². The van der Waals surface area contributed by atoms with Crippen molar-refractivity contribution in [2.24, 2.45) is 0 Å². The Balaban J connectivity index is 1.59. The number of ketones is 1. The van der Waals surface area contributed by atoms with Gasteiger partial charge in [0.2, 0.25) is 0 Å². The highest BCUT2D eigenvalue weighted by Gasteiger charge is 2.38. The van der Waals surface area contributed by atoms with Gasteiger partial charge in [0.1, 0.15) is 11.5 Å². The maximum Gasteiger partial charge on any atom is 0.195 e. The lowest BCUT2D eigenvalue weighted by Gasteiger charge is -2.15. The third-order valence-electron chi connectivity index (χ3n) is 6.12. The lowest BCUT2D eigenvalue weighted by molar-refractivity contribution is 0.103. The highest BCUT2D eigenvalue weighted by atomic mass is 35.5. The molecule has 0 aliphatic heterocycles. The smallest absolute Gasteiger partial charge is 0.195 e. The van der Waals surface area contributed by atoms with Gasteiger partial charge in [-0.15, -0.1) is 0 Å². The Morgan fingerprint density at radius 1 is 0.882 bits per heavy atom. The van der Waals surface area contributed by atoms with Crippen LogP contribution in [0.5, 0.6) is 11.5 Å². The molecule has 1 aliphatic rings. The van der Waals surface area contributed by atoms with Crippen LogP contribution in [0.15, 0.2) is 103 Å². The van der Waals surface area contributed by atoms with Crippen molar-refractivity contribution in [1.82, 2.24) is 0 Å². The fourth-order valence-electron chi connectivity index (χ4n) is 4.39. The molecule has 4 heteroatoms. The van der Waals surface area contributed by atoms with Crippen molar-refractivity contribution in [2.75, 3.05) is 5.32 Å². The number of aryl methyl sites for hydroxylation is 2. The van der Waals surface area contributed by atoms with Gasteiger partial charge in [0.05, 0.1) is 5.56 Å². The van der Waals surface area contributed by atoms with Crippen LogP contribution in [-0.4, -0.2) is 5.78 Å². The largest absolute Gasteiger partial charge is 0.457 e. The number of Topliss-reactive ketones (excluding diaryl/α,β-unsaturated/α-hetero) is 1. The fourth-order valence-corrected chi connectivity index (χ4v) is 4.52. The molecule has 0 spiro atoms. The summed E-state index contributed by atoms with van der Waals surface area (Å²) < 4.78 is 6.15. The minimum absolute atomic E-state index is 0.0359. The zero-order chi connectivity index (χ0) is 23.7. The van der Waals surface area contributed by atoms with Crippen molar-refractivity contribution in [1.29, 1.82) is 0 Å². The summed E-state index contributed by atoms with van der Waals surface area (Å²) in [5, 5.41) is 4.03. The molecule has 168 valence electrons. The van der Waals surface area contributed by atoms with Crippen molar-refractivity contribution >= 4 is 23.1 Å². The van der Waals surface area contributed by atoms with Gasteiger partial charge >= 0.3 is 0 Å². The Morgan fingerprint density at radius 2 is 1.65 bits per heavy atom. The molecule has 0 fully saturated rings. The SMILES string of the molecule is Cc1ccc(C)c(N/C=C2/C(=O)c3c(Oc4ccc(Cl)cc4)cccc3[C@H]2c2ccccc2)c1. The zero-order valence-electron chi connectivity index (χ0n) is 19.0. The number of carbonyl (C=O) groups is 1. The molecule has 0 amide bonds. The van der Waals surface area contributed by atoms with Gasteiger partial charge in [0, 0.05) is 28.4 Å². The van der Waals surface area contributed by atoms with Gasteiger partial charge in [-0.05, 0) is 72.5 Å². The summed E-state index contributed by atoms with van der Waals surface area (Å²) in [4.78, 5) is 13.8. The number of anilines is 1. The van der Waals surface area contributed by atoms with Gasteiger partial charge in [0.15, 0.2) is 5.78 Å². The van der Waals surface area contributed by atoms with Gasteiger partial charge in [0.25, 0.3) is 0 Å². The first-order chi connectivity index (χ1) is 16.5. The third kappa shape index (κ3) is 4.23. The van der Waals surface area contributed by atoms with E-state index >= 15 is 0 Å².